The standard InChI is InChI=1S/C28H35N3O4/c1-5-16(2)22(15-32)31-25(21-13-10-17(3)23(26(33)29-4)24(21)28(31)35)27(34)30-20-12-11-18-8-6-7-9-19(18)14-20/h6-14,16-17,21-25,32H,5,15H2,1-4H3,(H,29,33)(H,30,34)/t16-,17+,21-,22-,23+,24-,25-/m0/s1. The number of hydrogen-bond acceptors (Lipinski definition) is 4. The minimum absolute atomic E-state index is 0.0140. The number of anilines is 1. The summed E-state index contributed by atoms with van der Waals surface area (Å²) in [5.74, 6) is -2.58. The van der Waals surface area contributed by atoms with Crippen molar-refractivity contribution in [2.45, 2.75) is 39.3 Å². The topological polar surface area (TPSA) is 98.7 Å². The van der Waals surface area contributed by atoms with Crippen LogP contribution in [0.1, 0.15) is 27.2 Å². The molecule has 1 aliphatic carbocycles. The first kappa shape index (κ1) is 24.9. The van der Waals surface area contributed by atoms with Crippen LogP contribution in [0.5, 0.6) is 0 Å². The lowest BCUT2D eigenvalue weighted by molar-refractivity contribution is -0.143. The third kappa shape index (κ3) is 4.45. The van der Waals surface area contributed by atoms with Crippen LogP contribution in [0.2, 0.25) is 0 Å². The number of allylic oxidation sites excluding steroid dienone is 1. The fourth-order valence-electron chi connectivity index (χ4n) is 5.76. The molecule has 2 aromatic carbocycles. The Kier molecular flexibility index (Phi) is 7.26. The van der Waals surface area contributed by atoms with E-state index in [-0.39, 0.29) is 36.2 Å². The Bertz CT molecular complexity index is 1150. The van der Waals surface area contributed by atoms with Crippen LogP contribution in [0.15, 0.2) is 54.6 Å². The molecular formula is C28H35N3O4. The first-order valence-electron chi connectivity index (χ1n) is 12.4. The van der Waals surface area contributed by atoms with Crippen LogP contribution in [0.3, 0.4) is 0 Å². The highest BCUT2D eigenvalue weighted by Crippen LogP contribution is 2.45. The number of fused-ring (bicyclic) bond motifs is 2. The van der Waals surface area contributed by atoms with Crippen molar-refractivity contribution in [3.05, 3.63) is 54.6 Å². The normalized spacial score (nSPS) is 27.4. The molecule has 0 saturated carbocycles. The third-order valence-corrected chi connectivity index (χ3v) is 7.89. The van der Waals surface area contributed by atoms with Gasteiger partial charge in [0.25, 0.3) is 0 Å². The van der Waals surface area contributed by atoms with E-state index in [9.17, 15) is 19.5 Å². The third-order valence-electron chi connectivity index (χ3n) is 7.89. The van der Waals surface area contributed by atoms with E-state index < -0.39 is 29.8 Å². The molecule has 3 amide bonds. The number of amides is 3. The minimum atomic E-state index is -0.818. The van der Waals surface area contributed by atoms with Crippen molar-refractivity contribution in [1.29, 1.82) is 0 Å². The fraction of sp³-hybridized carbons (Fsp3) is 0.464. The monoisotopic (exact) mass is 477 g/mol. The molecule has 2 aliphatic rings. The summed E-state index contributed by atoms with van der Waals surface area (Å²) >= 11 is 0. The van der Waals surface area contributed by atoms with Gasteiger partial charge in [0.05, 0.1) is 24.5 Å². The summed E-state index contributed by atoms with van der Waals surface area (Å²) < 4.78 is 0. The summed E-state index contributed by atoms with van der Waals surface area (Å²) in [6, 6.07) is 12.3. The molecule has 4 rings (SSSR count). The van der Waals surface area contributed by atoms with E-state index in [4.69, 9.17) is 0 Å². The van der Waals surface area contributed by atoms with Gasteiger partial charge < -0.3 is 20.6 Å². The molecule has 0 radical (unpaired) electrons. The van der Waals surface area contributed by atoms with Crippen molar-refractivity contribution in [2.24, 2.45) is 29.6 Å². The Morgan fingerprint density at radius 2 is 1.80 bits per heavy atom. The Hall–Kier alpha value is -3.19. The lowest BCUT2D eigenvalue weighted by Gasteiger charge is -2.36. The van der Waals surface area contributed by atoms with Crippen molar-refractivity contribution < 1.29 is 19.5 Å². The van der Waals surface area contributed by atoms with Gasteiger partial charge in [-0.2, -0.15) is 0 Å². The maximum Gasteiger partial charge on any atom is 0.247 e. The number of benzene rings is 2. The molecule has 7 atom stereocenters. The number of likely N-dealkylation sites (tertiary alicyclic amines) is 1. The second-order valence-corrected chi connectivity index (χ2v) is 9.86. The summed E-state index contributed by atoms with van der Waals surface area (Å²) in [5, 5.41) is 18.1. The van der Waals surface area contributed by atoms with E-state index in [1.54, 1.807) is 11.9 Å². The van der Waals surface area contributed by atoms with Crippen molar-refractivity contribution >= 4 is 34.2 Å². The van der Waals surface area contributed by atoms with Gasteiger partial charge in [0.15, 0.2) is 0 Å². The molecule has 7 heteroatoms. The molecule has 0 unspecified atom stereocenters. The van der Waals surface area contributed by atoms with Crippen molar-refractivity contribution in [2.75, 3.05) is 19.0 Å². The fourth-order valence-corrected chi connectivity index (χ4v) is 5.76. The van der Waals surface area contributed by atoms with Crippen LogP contribution >= 0.6 is 0 Å². The van der Waals surface area contributed by atoms with Crippen molar-refractivity contribution in [1.82, 2.24) is 10.2 Å². The number of carbonyl (C=O) groups is 3. The second-order valence-electron chi connectivity index (χ2n) is 9.86. The predicted molar refractivity (Wildman–Crippen MR) is 136 cm³/mol. The first-order chi connectivity index (χ1) is 16.8. The maximum atomic E-state index is 13.9. The zero-order chi connectivity index (χ0) is 25.3. The van der Waals surface area contributed by atoms with E-state index in [2.05, 4.69) is 10.6 Å². The van der Waals surface area contributed by atoms with Gasteiger partial charge in [0, 0.05) is 18.7 Å². The van der Waals surface area contributed by atoms with Crippen LogP contribution in [0.4, 0.5) is 5.69 Å². The number of hydrogen-bond donors (Lipinski definition) is 3. The van der Waals surface area contributed by atoms with E-state index in [0.29, 0.717) is 5.69 Å². The Morgan fingerprint density at radius 3 is 2.46 bits per heavy atom. The van der Waals surface area contributed by atoms with Crippen LogP contribution in [-0.2, 0) is 14.4 Å². The number of aliphatic hydroxyl groups excluding tert-OH is 1. The van der Waals surface area contributed by atoms with Gasteiger partial charge >= 0.3 is 0 Å². The molecule has 3 N–H and O–H groups in total. The molecule has 1 heterocycles. The highest BCUT2D eigenvalue weighted by Gasteiger charge is 2.58. The Labute approximate surface area is 206 Å². The van der Waals surface area contributed by atoms with E-state index >= 15 is 0 Å². The molecule has 0 bridgehead atoms. The number of nitrogens with one attached hydrogen (secondary N) is 2. The van der Waals surface area contributed by atoms with Gasteiger partial charge in [-0.25, -0.2) is 0 Å². The van der Waals surface area contributed by atoms with Gasteiger partial charge in [-0.1, -0.05) is 69.7 Å². The second kappa shape index (κ2) is 10.2. The van der Waals surface area contributed by atoms with Crippen LogP contribution in [0, 0.1) is 29.6 Å². The highest BCUT2D eigenvalue weighted by atomic mass is 16.3. The molecular weight excluding hydrogens is 442 g/mol. The van der Waals surface area contributed by atoms with Crippen LogP contribution < -0.4 is 10.6 Å². The number of aliphatic hydroxyl groups is 1. The smallest absolute Gasteiger partial charge is 0.247 e. The largest absolute Gasteiger partial charge is 0.394 e. The quantitative estimate of drug-likeness (QED) is 0.534. The number of carbonyl (C=O) groups excluding carboxylic acids is 3. The highest BCUT2D eigenvalue weighted by molar-refractivity contribution is 6.03. The van der Waals surface area contributed by atoms with Gasteiger partial charge in [-0.15, -0.1) is 0 Å². The molecule has 2 aromatic rings. The SMILES string of the molecule is CC[C@H](C)[C@H](CO)N1C(=O)[C@H]2[C@H](C=C[C@@H](C)[C@H]2C(=O)NC)[C@H]1C(=O)Nc1ccc2ccccc2c1. The summed E-state index contributed by atoms with van der Waals surface area (Å²) in [4.78, 5) is 42.1. The van der Waals surface area contributed by atoms with E-state index in [1.807, 2.05) is 75.4 Å². The van der Waals surface area contributed by atoms with Gasteiger partial charge in [-0.3, -0.25) is 14.4 Å². The average molecular weight is 478 g/mol. The Morgan fingerprint density at radius 1 is 1.09 bits per heavy atom. The van der Waals surface area contributed by atoms with Crippen LogP contribution in [0.25, 0.3) is 10.8 Å². The van der Waals surface area contributed by atoms with Crippen molar-refractivity contribution in [3.63, 3.8) is 0 Å². The Balaban J connectivity index is 1.74. The van der Waals surface area contributed by atoms with Crippen LogP contribution in [-0.4, -0.2) is 53.5 Å². The molecule has 0 aromatic heterocycles. The lowest BCUT2D eigenvalue weighted by Crippen LogP contribution is -2.52. The summed E-state index contributed by atoms with van der Waals surface area (Å²) in [7, 11) is 1.57. The zero-order valence-corrected chi connectivity index (χ0v) is 20.8. The molecule has 1 aliphatic heterocycles. The van der Waals surface area contributed by atoms with E-state index in [0.717, 1.165) is 17.2 Å². The van der Waals surface area contributed by atoms with Crippen molar-refractivity contribution in [3.8, 4) is 0 Å². The average Bonchev–Trinajstić information content (AvgIpc) is 3.16. The maximum absolute atomic E-state index is 13.9. The van der Waals surface area contributed by atoms with Gasteiger partial charge in [0.1, 0.15) is 6.04 Å². The van der Waals surface area contributed by atoms with E-state index in [1.165, 1.54) is 0 Å². The molecule has 1 fully saturated rings. The zero-order valence-electron chi connectivity index (χ0n) is 20.8. The predicted octanol–water partition coefficient (Wildman–Crippen LogP) is 3.20. The minimum Gasteiger partial charge on any atom is -0.394 e. The first-order valence-corrected chi connectivity index (χ1v) is 12.4. The molecule has 35 heavy (non-hydrogen) atoms. The molecule has 186 valence electrons. The summed E-state index contributed by atoms with van der Waals surface area (Å²) in [6.07, 6.45) is 4.60. The lowest BCUT2D eigenvalue weighted by atomic mass is 9.70. The number of rotatable bonds is 7. The van der Waals surface area contributed by atoms with Gasteiger partial charge in [-0.05, 0) is 34.7 Å². The van der Waals surface area contributed by atoms with Gasteiger partial charge in [0.2, 0.25) is 17.7 Å². The number of nitrogens with zero attached hydrogens (tertiary/aromatic N) is 1. The summed E-state index contributed by atoms with van der Waals surface area (Å²) in [5.41, 5.74) is 0.643. The molecule has 1 saturated heterocycles. The molecule has 0 spiro atoms. The summed E-state index contributed by atoms with van der Waals surface area (Å²) in [6.45, 7) is 5.65. The molecule has 7 nitrogen and oxygen atoms in total.